The van der Waals surface area contributed by atoms with Crippen molar-refractivity contribution >= 4 is 41.2 Å². The van der Waals surface area contributed by atoms with Gasteiger partial charge in [0.25, 0.3) is 0 Å². The number of hydrogen-bond donors (Lipinski definition) is 1. The Morgan fingerprint density at radius 1 is 1.17 bits per heavy atom. The average molecular weight is 356 g/mol. The predicted molar refractivity (Wildman–Crippen MR) is 91.5 cm³/mol. The first-order chi connectivity index (χ1) is 11.0. The van der Waals surface area contributed by atoms with Crippen molar-refractivity contribution < 1.29 is 14.3 Å². The minimum atomic E-state index is -0.932. The Kier molecular flexibility index (Phi) is 6.08. The van der Waals surface area contributed by atoms with E-state index in [0.29, 0.717) is 28.5 Å². The van der Waals surface area contributed by atoms with Crippen LogP contribution in [0.4, 0.5) is 0 Å². The molecular weight excluding hydrogens is 337 g/mol. The van der Waals surface area contributed by atoms with Crippen LogP contribution in [0.2, 0.25) is 10.0 Å². The quantitative estimate of drug-likeness (QED) is 0.655. The number of hydrogen-bond acceptors (Lipinski definition) is 3. The van der Waals surface area contributed by atoms with Crippen molar-refractivity contribution in [3.8, 4) is 0 Å². The normalized spacial score (nSPS) is 17.0. The Balaban J connectivity index is 2.13. The van der Waals surface area contributed by atoms with E-state index >= 15 is 0 Å². The maximum absolute atomic E-state index is 12.2. The average Bonchev–Trinajstić information content (AvgIpc) is 2.54. The van der Waals surface area contributed by atoms with E-state index < -0.39 is 11.5 Å². The van der Waals surface area contributed by atoms with Gasteiger partial charge in [-0.3, -0.25) is 4.79 Å². The number of rotatable bonds is 4. The van der Waals surface area contributed by atoms with Gasteiger partial charge in [0.1, 0.15) is 5.54 Å². The lowest BCUT2D eigenvalue weighted by Gasteiger charge is -2.34. The van der Waals surface area contributed by atoms with Crippen LogP contribution in [0, 0.1) is 0 Å². The predicted octanol–water partition coefficient (Wildman–Crippen LogP) is 4.00. The molecule has 23 heavy (non-hydrogen) atoms. The molecule has 1 N–H and O–H groups in total. The first-order valence-electron chi connectivity index (χ1n) is 7.51. The summed E-state index contributed by atoms with van der Waals surface area (Å²) in [6.07, 6.45) is 6.89. The molecular formula is C17H19Cl2NO3. The number of ether oxygens (including phenoxy) is 1. The molecule has 0 spiro atoms. The molecule has 0 radical (unpaired) electrons. The van der Waals surface area contributed by atoms with Crippen LogP contribution < -0.4 is 5.32 Å². The number of amides is 1. The van der Waals surface area contributed by atoms with Crippen LogP contribution in [0.25, 0.3) is 6.08 Å². The minimum Gasteiger partial charge on any atom is -0.467 e. The monoisotopic (exact) mass is 355 g/mol. The molecule has 0 aromatic heterocycles. The molecule has 0 unspecified atom stereocenters. The van der Waals surface area contributed by atoms with Gasteiger partial charge in [-0.2, -0.15) is 0 Å². The Labute approximate surface area is 145 Å². The maximum atomic E-state index is 12.2. The third-order valence-electron chi connectivity index (χ3n) is 4.05. The van der Waals surface area contributed by atoms with E-state index in [4.69, 9.17) is 27.9 Å². The van der Waals surface area contributed by atoms with Gasteiger partial charge in [-0.05, 0) is 31.1 Å². The van der Waals surface area contributed by atoms with Crippen molar-refractivity contribution in [2.75, 3.05) is 7.11 Å². The van der Waals surface area contributed by atoms with E-state index in [9.17, 15) is 9.59 Å². The molecule has 0 saturated heterocycles. The lowest BCUT2D eigenvalue weighted by atomic mass is 9.81. The molecule has 2 rings (SSSR count). The van der Waals surface area contributed by atoms with Gasteiger partial charge in [-0.15, -0.1) is 0 Å². The topological polar surface area (TPSA) is 55.4 Å². The molecule has 124 valence electrons. The van der Waals surface area contributed by atoms with Crippen LogP contribution in [-0.2, 0) is 14.3 Å². The Hall–Kier alpha value is -1.52. The molecule has 1 aromatic rings. The van der Waals surface area contributed by atoms with Crippen molar-refractivity contribution in [3.05, 3.63) is 39.9 Å². The minimum absolute atomic E-state index is 0.367. The fourth-order valence-electron chi connectivity index (χ4n) is 2.84. The lowest BCUT2D eigenvalue weighted by Crippen LogP contribution is -2.55. The highest BCUT2D eigenvalue weighted by Crippen LogP contribution is 2.30. The van der Waals surface area contributed by atoms with Crippen LogP contribution in [0.3, 0.4) is 0 Å². The molecule has 6 heteroatoms. The van der Waals surface area contributed by atoms with Gasteiger partial charge in [0.05, 0.1) is 7.11 Å². The zero-order valence-corrected chi connectivity index (χ0v) is 14.4. The van der Waals surface area contributed by atoms with Crippen LogP contribution >= 0.6 is 23.2 Å². The van der Waals surface area contributed by atoms with E-state index in [0.717, 1.165) is 19.3 Å². The Bertz CT molecular complexity index is 602. The molecule has 0 bridgehead atoms. The zero-order valence-electron chi connectivity index (χ0n) is 12.9. The lowest BCUT2D eigenvalue weighted by molar-refractivity contribution is -0.152. The van der Waals surface area contributed by atoms with Gasteiger partial charge >= 0.3 is 5.97 Å². The molecule has 0 aliphatic heterocycles. The van der Waals surface area contributed by atoms with Crippen molar-refractivity contribution in [2.45, 2.75) is 37.6 Å². The van der Waals surface area contributed by atoms with Crippen LogP contribution in [0.5, 0.6) is 0 Å². The van der Waals surface area contributed by atoms with Gasteiger partial charge in [0.15, 0.2) is 0 Å². The molecule has 0 atom stereocenters. The SMILES string of the molecule is COC(=O)C1(NC(=O)C=Cc2c(Cl)cccc2Cl)CCCCC1. The smallest absolute Gasteiger partial charge is 0.331 e. The van der Waals surface area contributed by atoms with Crippen molar-refractivity contribution in [1.29, 1.82) is 0 Å². The summed E-state index contributed by atoms with van der Waals surface area (Å²) >= 11 is 12.1. The summed E-state index contributed by atoms with van der Waals surface area (Å²) < 4.78 is 4.87. The first-order valence-corrected chi connectivity index (χ1v) is 8.27. The Morgan fingerprint density at radius 3 is 2.35 bits per heavy atom. The number of esters is 1. The van der Waals surface area contributed by atoms with E-state index in [2.05, 4.69) is 5.32 Å². The summed E-state index contributed by atoms with van der Waals surface area (Å²) in [7, 11) is 1.34. The molecule has 1 aromatic carbocycles. The second-order valence-electron chi connectivity index (χ2n) is 5.59. The van der Waals surface area contributed by atoms with Crippen molar-refractivity contribution in [2.24, 2.45) is 0 Å². The van der Waals surface area contributed by atoms with E-state index in [1.54, 1.807) is 24.3 Å². The molecule has 1 aliphatic rings. The summed E-state index contributed by atoms with van der Waals surface area (Å²) in [6.45, 7) is 0. The zero-order chi connectivity index (χ0) is 16.9. The van der Waals surface area contributed by atoms with E-state index in [1.807, 2.05) is 0 Å². The number of nitrogens with one attached hydrogen (secondary N) is 1. The second-order valence-corrected chi connectivity index (χ2v) is 6.41. The fourth-order valence-corrected chi connectivity index (χ4v) is 3.36. The summed E-state index contributed by atoms with van der Waals surface area (Å²) in [5, 5.41) is 3.73. The number of benzene rings is 1. The largest absolute Gasteiger partial charge is 0.467 e. The van der Waals surface area contributed by atoms with Crippen LogP contribution in [-0.4, -0.2) is 24.5 Å². The second kappa shape index (κ2) is 7.84. The molecule has 1 aliphatic carbocycles. The third kappa shape index (κ3) is 4.27. The first kappa shape index (κ1) is 17.8. The number of carbonyl (C=O) groups is 2. The highest BCUT2D eigenvalue weighted by atomic mass is 35.5. The summed E-state index contributed by atoms with van der Waals surface area (Å²) in [6, 6.07) is 5.13. The molecule has 4 nitrogen and oxygen atoms in total. The number of halogens is 2. The van der Waals surface area contributed by atoms with Crippen molar-refractivity contribution in [1.82, 2.24) is 5.32 Å². The standard InChI is InChI=1S/C17H19Cl2NO3/c1-23-16(22)17(10-3-2-4-11-17)20-15(21)9-8-12-13(18)6-5-7-14(12)19/h5-9H,2-4,10-11H2,1H3,(H,20,21). The van der Waals surface area contributed by atoms with Gasteiger partial charge in [-0.25, -0.2) is 4.79 Å². The number of carbonyl (C=O) groups excluding carboxylic acids is 2. The number of methoxy groups -OCH3 is 1. The maximum Gasteiger partial charge on any atom is 0.331 e. The van der Waals surface area contributed by atoms with Crippen LogP contribution in [0.1, 0.15) is 37.7 Å². The fraction of sp³-hybridized carbons (Fsp3) is 0.412. The highest BCUT2D eigenvalue weighted by Gasteiger charge is 2.41. The van der Waals surface area contributed by atoms with Gasteiger partial charge in [0.2, 0.25) is 5.91 Å². The van der Waals surface area contributed by atoms with Crippen LogP contribution in [0.15, 0.2) is 24.3 Å². The van der Waals surface area contributed by atoms with Gasteiger partial charge in [-0.1, -0.05) is 48.5 Å². The van der Waals surface area contributed by atoms with E-state index in [-0.39, 0.29) is 5.91 Å². The molecule has 1 amide bonds. The van der Waals surface area contributed by atoms with Crippen molar-refractivity contribution in [3.63, 3.8) is 0 Å². The third-order valence-corrected chi connectivity index (χ3v) is 4.71. The summed E-state index contributed by atoms with van der Waals surface area (Å²) in [4.78, 5) is 24.3. The van der Waals surface area contributed by atoms with E-state index in [1.165, 1.54) is 13.2 Å². The Morgan fingerprint density at radius 2 is 1.78 bits per heavy atom. The molecule has 1 saturated carbocycles. The summed E-state index contributed by atoms with van der Waals surface area (Å²) in [5.74, 6) is -0.761. The molecule has 0 heterocycles. The molecule has 1 fully saturated rings. The van der Waals surface area contributed by atoms with Gasteiger partial charge in [0, 0.05) is 21.7 Å². The van der Waals surface area contributed by atoms with Gasteiger partial charge < -0.3 is 10.1 Å². The summed E-state index contributed by atoms with van der Waals surface area (Å²) in [5.41, 5.74) is -0.361. The highest BCUT2D eigenvalue weighted by molar-refractivity contribution is 6.37.